The van der Waals surface area contributed by atoms with E-state index in [1.165, 1.54) is 64.3 Å². The van der Waals surface area contributed by atoms with Gasteiger partial charge in [-0.15, -0.1) is 11.3 Å². The molecule has 2 nitrogen and oxygen atoms in total. The van der Waals surface area contributed by atoms with E-state index in [9.17, 15) is 0 Å². The van der Waals surface area contributed by atoms with Crippen LogP contribution in [0, 0.1) is 0 Å². The first-order chi connectivity index (χ1) is 24.5. The van der Waals surface area contributed by atoms with Gasteiger partial charge in [-0.05, 0) is 68.4 Å². The fourth-order valence-corrected chi connectivity index (χ4v) is 9.21. The Balaban J connectivity index is 1.17. The fourth-order valence-electron chi connectivity index (χ4n) is 8.07. The zero-order valence-corrected chi connectivity index (χ0v) is 28.6. The lowest BCUT2D eigenvalue weighted by Crippen LogP contribution is -2.14. The molecule has 50 heavy (non-hydrogen) atoms. The number of nitrogens with zero attached hydrogens (tertiary/aromatic N) is 2. The van der Waals surface area contributed by atoms with Crippen molar-refractivity contribution in [3.63, 3.8) is 0 Å². The molecule has 0 N–H and O–H groups in total. The highest BCUT2D eigenvalue weighted by Crippen LogP contribution is 2.50. The van der Waals surface area contributed by atoms with Gasteiger partial charge in [0.1, 0.15) is 0 Å². The summed E-state index contributed by atoms with van der Waals surface area (Å²) in [6.45, 7) is 4.69. The second-order valence-electron chi connectivity index (χ2n) is 13.7. The first-order valence-electron chi connectivity index (χ1n) is 17.2. The van der Waals surface area contributed by atoms with Gasteiger partial charge in [0, 0.05) is 42.3 Å². The van der Waals surface area contributed by atoms with Gasteiger partial charge in [-0.1, -0.05) is 147 Å². The summed E-state index contributed by atoms with van der Waals surface area (Å²) in [4.78, 5) is 10.5. The van der Waals surface area contributed by atoms with E-state index in [1.54, 1.807) is 0 Å². The minimum atomic E-state index is -0.0560. The molecule has 0 amide bonds. The molecule has 0 unspecified atom stereocenters. The Bertz CT molecular complexity index is 2790. The van der Waals surface area contributed by atoms with Crippen LogP contribution in [0.4, 0.5) is 0 Å². The molecular formula is C47H32N2S. The van der Waals surface area contributed by atoms with E-state index in [4.69, 9.17) is 9.97 Å². The van der Waals surface area contributed by atoms with Crippen LogP contribution in [0.3, 0.4) is 0 Å². The van der Waals surface area contributed by atoms with Crippen molar-refractivity contribution in [3.05, 3.63) is 169 Å². The quantitative estimate of drug-likeness (QED) is 0.188. The third-order valence-electron chi connectivity index (χ3n) is 10.5. The molecular weight excluding hydrogens is 625 g/mol. The molecule has 0 saturated carbocycles. The second-order valence-corrected chi connectivity index (χ2v) is 14.8. The molecule has 7 aromatic carbocycles. The van der Waals surface area contributed by atoms with Crippen LogP contribution >= 0.6 is 11.3 Å². The lowest BCUT2D eigenvalue weighted by Gasteiger charge is -2.22. The molecule has 1 aliphatic rings. The van der Waals surface area contributed by atoms with Gasteiger partial charge in [0.15, 0.2) is 5.82 Å². The monoisotopic (exact) mass is 656 g/mol. The summed E-state index contributed by atoms with van der Waals surface area (Å²) in [5.74, 6) is 0.725. The van der Waals surface area contributed by atoms with Gasteiger partial charge >= 0.3 is 0 Å². The van der Waals surface area contributed by atoms with E-state index in [-0.39, 0.29) is 5.41 Å². The zero-order chi connectivity index (χ0) is 33.4. The van der Waals surface area contributed by atoms with Crippen molar-refractivity contribution in [2.75, 3.05) is 0 Å². The SMILES string of the molecule is CC1(C)c2ccccc2-c2ccc(-c3ccc(-c4cc(-c5cccc6sc7ccccc7c56)nc(-c5ccccc5)n4)c4ccccc34)cc21. The van der Waals surface area contributed by atoms with Gasteiger partial charge in [0.05, 0.1) is 11.4 Å². The van der Waals surface area contributed by atoms with Crippen LogP contribution in [0.15, 0.2) is 158 Å². The van der Waals surface area contributed by atoms with Crippen molar-refractivity contribution in [2.24, 2.45) is 0 Å². The minimum absolute atomic E-state index is 0.0560. The molecule has 0 atom stereocenters. The van der Waals surface area contributed by atoms with Crippen LogP contribution in [0.25, 0.3) is 87.1 Å². The Morgan fingerprint density at radius 2 is 1.02 bits per heavy atom. The minimum Gasteiger partial charge on any atom is -0.228 e. The second kappa shape index (κ2) is 11.1. The molecule has 9 aromatic rings. The molecule has 3 heteroatoms. The molecule has 0 fully saturated rings. The number of hydrogen-bond donors (Lipinski definition) is 0. The number of rotatable bonds is 4. The third-order valence-corrected chi connectivity index (χ3v) is 11.7. The van der Waals surface area contributed by atoms with Gasteiger partial charge in [0.2, 0.25) is 0 Å². The Hall–Kier alpha value is -5.90. The van der Waals surface area contributed by atoms with Gasteiger partial charge in [-0.2, -0.15) is 0 Å². The lowest BCUT2D eigenvalue weighted by molar-refractivity contribution is 0.660. The molecule has 236 valence electrons. The van der Waals surface area contributed by atoms with E-state index in [0.717, 1.165) is 33.9 Å². The van der Waals surface area contributed by atoms with Crippen molar-refractivity contribution in [3.8, 4) is 56.2 Å². The maximum atomic E-state index is 5.26. The van der Waals surface area contributed by atoms with Crippen LogP contribution in [0.5, 0.6) is 0 Å². The Labute approximate surface area is 295 Å². The normalized spacial score (nSPS) is 13.2. The molecule has 2 aromatic heterocycles. The zero-order valence-electron chi connectivity index (χ0n) is 27.8. The molecule has 2 heterocycles. The van der Waals surface area contributed by atoms with E-state index in [1.807, 2.05) is 17.4 Å². The van der Waals surface area contributed by atoms with E-state index >= 15 is 0 Å². The molecule has 0 aliphatic heterocycles. The summed E-state index contributed by atoms with van der Waals surface area (Å²) in [5.41, 5.74) is 12.9. The summed E-state index contributed by atoms with van der Waals surface area (Å²) >= 11 is 1.83. The first-order valence-corrected chi connectivity index (χ1v) is 18.0. The van der Waals surface area contributed by atoms with Crippen LogP contribution in [-0.4, -0.2) is 9.97 Å². The third kappa shape index (κ3) is 4.40. The average Bonchev–Trinajstić information content (AvgIpc) is 3.66. The van der Waals surface area contributed by atoms with Crippen molar-refractivity contribution in [2.45, 2.75) is 19.3 Å². The average molecular weight is 657 g/mol. The number of hydrogen-bond acceptors (Lipinski definition) is 3. The van der Waals surface area contributed by atoms with E-state index in [0.29, 0.717) is 0 Å². The van der Waals surface area contributed by atoms with E-state index < -0.39 is 0 Å². The number of benzene rings is 7. The highest BCUT2D eigenvalue weighted by atomic mass is 32.1. The van der Waals surface area contributed by atoms with Crippen LogP contribution in [-0.2, 0) is 5.41 Å². The van der Waals surface area contributed by atoms with Crippen molar-refractivity contribution in [1.82, 2.24) is 9.97 Å². The predicted molar refractivity (Wildman–Crippen MR) is 212 cm³/mol. The highest BCUT2D eigenvalue weighted by molar-refractivity contribution is 7.25. The fraction of sp³-hybridized carbons (Fsp3) is 0.0638. The molecule has 1 aliphatic carbocycles. The summed E-state index contributed by atoms with van der Waals surface area (Å²) in [6.07, 6.45) is 0. The number of thiophene rings is 1. The lowest BCUT2D eigenvalue weighted by atomic mass is 9.81. The summed E-state index contributed by atoms with van der Waals surface area (Å²) in [6, 6.07) is 56.9. The van der Waals surface area contributed by atoms with Crippen LogP contribution < -0.4 is 0 Å². The van der Waals surface area contributed by atoms with Gasteiger partial charge in [-0.3, -0.25) is 0 Å². The molecule has 0 radical (unpaired) electrons. The van der Waals surface area contributed by atoms with Crippen molar-refractivity contribution < 1.29 is 0 Å². The van der Waals surface area contributed by atoms with Crippen molar-refractivity contribution in [1.29, 1.82) is 0 Å². The molecule has 0 saturated heterocycles. The Kier molecular flexibility index (Phi) is 6.43. The van der Waals surface area contributed by atoms with Crippen LogP contribution in [0.1, 0.15) is 25.0 Å². The predicted octanol–water partition coefficient (Wildman–Crippen LogP) is 13.0. The smallest absolute Gasteiger partial charge is 0.160 e. The Morgan fingerprint density at radius 3 is 1.86 bits per heavy atom. The van der Waals surface area contributed by atoms with Crippen LogP contribution in [0.2, 0.25) is 0 Å². The molecule has 0 spiro atoms. The van der Waals surface area contributed by atoms with Crippen molar-refractivity contribution >= 4 is 42.3 Å². The largest absolute Gasteiger partial charge is 0.228 e. The summed E-state index contributed by atoms with van der Waals surface area (Å²) in [7, 11) is 0. The standard InChI is InChI=1S/C47H32N2S/c1-47(2)39-20-10-8-17-34(39)35-24-23-30(27-40(35)47)31-25-26-36(33-16-7-6-15-32(31)33)41-28-42(49-46(48-41)29-13-4-3-5-14-29)37-19-12-22-44-45(37)38-18-9-11-21-43(38)50-44/h3-28H,1-2H3. The maximum Gasteiger partial charge on any atom is 0.160 e. The summed E-state index contributed by atoms with van der Waals surface area (Å²) in [5, 5.41) is 4.90. The maximum absolute atomic E-state index is 5.26. The molecule has 10 rings (SSSR count). The van der Waals surface area contributed by atoms with Gasteiger partial charge in [-0.25, -0.2) is 9.97 Å². The van der Waals surface area contributed by atoms with E-state index in [2.05, 4.69) is 166 Å². The summed E-state index contributed by atoms with van der Waals surface area (Å²) < 4.78 is 2.55. The van der Waals surface area contributed by atoms with Gasteiger partial charge in [0.25, 0.3) is 0 Å². The van der Waals surface area contributed by atoms with Gasteiger partial charge < -0.3 is 0 Å². The Morgan fingerprint density at radius 1 is 0.420 bits per heavy atom. The first kappa shape index (κ1) is 29.1. The molecule has 0 bridgehead atoms. The topological polar surface area (TPSA) is 25.8 Å². The number of aromatic nitrogens is 2. The number of fused-ring (bicyclic) bond motifs is 7. The highest BCUT2D eigenvalue weighted by Gasteiger charge is 2.35.